The molecule has 2 aliphatic heterocycles. The molecule has 3 rings (SSSR count). The molecule has 26 heavy (non-hydrogen) atoms. The Labute approximate surface area is 157 Å². The third-order valence-corrected chi connectivity index (χ3v) is 5.67. The van der Waals surface area contributed by atoms with Gasteiger partial charge in [-0.25, -0.2) is 0 Å². The van der Waals surface area contributed by atoms with Crippen LogP contribution in [0, 0.1) is 0 Å². The van der Waals surface area contributed by atoms with Gasteiger partial charge in [-0.05, 0) is 31.5 Å². The van der Waals surface area contributed by atoms with E-state index in [-0.39, 0.29) is 5.91 Å². The standard InChI is InChI=1S/C20H32N4O2/c1-21-20(25)9-11-22-10-5-6-17(16-22)23-12-14-24(15-13-23)18-7-3-4-8-19(18)26-2/h3-4,7-8,17H,5-6,9-16H2,1-2H3,(H,21,25)/t17-/m1/s1. The van der Waals surface area contributed by atoms with Crippen LogP contribution in [0.2, 0.25) is 0 Å². The molecule has 2 saturated heterocycles. The maximum atomic E-state index is 11.5. The highest BCUT2D eigenvalue weighted by Crippen LogP contribution is 2.29. The number of benzene rings is 1. The Balaban J connectivity index is 1.50. The topological polar surface area (TPSA) is 48.1 Å². The van der Waals surface area contributed by atoms with Crippen molar-refractivity contribution in [2.75, 3.05) is 64.9 Å². The van der Waals surface area contributed by atoms with Gasteiger partial charge in [-0.15, -0.1) is 0 Å². The first kappa shape index (κ1) is 19.0. The highest BCUT2D eigenvalue weighted by molar-refractivity contribution is 5.75. The summed E-state index contributed by atoms with van der Waals surface area (Å²) in [5.74, 6) is 1.09. The van der Waals surface area contributed by atoms with E-state index in [1.54, 1.807) is 14.2 Å². The molecule has 0 radical (unpaired) electrons. The third kappa shape index (κ3) is 4.68. The summed E-state index contributed by atoms with van der Waals surface area (Å²) in [7, 11) is 3.45. The van der Waals surface area contributed by atoms with Gasteiger partial charge in [0.05, 0.1) is 12.8 Å². The largest absolute Gasteiger partial charge is 0.495 e. The zero-order valence-corrected chi connectivity index (χ0v) is 16.1. The van der Waals surface area contributed by atoms with Crippen molar-refractivity contribution in [2.24, 2.45) is 0 Å². The highest BCUT2D eigenvalue weighted by atomic mass is 16.5. The van der Waals surface area contributed by atoms with Crippen LogP contribution in [0.15, 0.2) is 24.3 Å². The summed E-state index contributed by atoms with van der Waals surface area (Å²) in [6, 6.07) is 8.90. The zero-order chi connectivity index (χ0) is 18.4. The van der Waals surface area contributed by atoms with E-state index in [2.05, 4.69) is 32.1 Å². The predicted octanol–water partition coefficient (Wildman–Crippen LogP) is 1.42. The molecule has 1 N–H and O–H groups in total. The number of nitrogens with one attached hydrogen (secondary N) is 1. The van der Waals surface area contributed by atoms with E-state index in [1.807, 2.05) is 12.1 Å². The minimum Gasteiger partial charge on any atom is -0.495 e. The summed E-state index contributed by atoms with van der Waals surface area (Å²) in [4.78, 5) is 19.0. The molecule has 0 aromatic heterocycles. The summed E-state index contributed by atoms with van der Waals surface area (Å²) < 4.78 is 5.52. The number of ether oxygens (including phenoxy) is 1. The number of para-hydroxylation sites is 2. The minimum atomic E-state index is 0.137. The number of carbonyl (C=O) groups is 1. The molecule has 2 fully saturated rings. The summed E-state index contributed by atoms with van der Waals surface area (Å²) in [5, 5.41) is 2.72. The molecule has 6 nitrogen and oxygen atoms in total. The number of piperidine rings is 1. The van der Waals surface area contributed by atoms with Gasteiger partial charge in [0.25, 0.3) is 0 Å². The van der Waals surface area contributed by atoms with Crippen LogP contribution in [-0.2, 0) is 4.79 Å². The van der Waals surface area contributed by atoms with Crippen molar-refractivity contribution in [2.45, 2.75) is 25.3 Å². The number of amides is 1. The third-order valence-electron chi connectivity index (χ3n) is 5.67. The SMILES string of the molecule is CNC(=O)CCN1CCC[C@@H](N2CCN(c3ccccc3OC)CC2)C1. The van der Waals surface area contributed by atoms with Crippen molar-refractivity contribution < 1.29 is 9.53 Å². The van der Waals surface area contributed by atoms with Crippen molar-refractivity contribution >= 4 is 11.6 Å². The second kappa shape index (κ2) is 9.24. The van der Waals surface area contributed by atoms with Crippen molar-refractivity contribution in [1.29, 1.82) is 0 Å². The fourth-order valence-electron chi connectivity index (χ4n) is 4.14. The lowest BCUT2D eigenvalue weighted by Gasteiger charge is -2.44. The second-order valence-electron chi connectivity index (χ2n) is 7.21. The average Bonchev–Trinajstić information content (AvgIpc) is 2.72. The Hall–Kier alpha value is -1.79. The summed E-state index contributed by atoms with van der Waals surface area (Å²) in [6.45, 7) is 7.33. The van der Waals surface area contributed by atoms with E-state index in [9.17, 15) is 4.79 Å². The predicted molar refractivity (Wildman–Crippen MR) is 105 cm³/mol. The van der Waals surface area contributed by atoms with Gasteiger partial charge in [0.2, 0.25) is 5.91 Å². The molecule has 144 valence electrons. The fourth-order valence-corrected chi connectivity index (χ4v) is 4.14. The molecule has 1 aromatic carbocycles. The van der Waals surface area contributed by atoms with E-state index in [0.29, 0.717) is 12.5 Å². The molecular formula is C20H32N4O2. The van der Waals surface area contributed by atoms with Gasteiger partial charge in [0, 0.05) is 58.8 Å². The lowest BCUT2D eigenvalue weighted by Crippen LogP contribution is -2.55. The maximum Gasteiger partial charge on any atom is 0.221 e. The van der Waals surface area contributed by atoms with E-state index in [1.165, 1.54) is 18.5 Å². The van der Waals surface area contributed by atoms with Crippen molar-refractivity contribution in [3.05, 3.63) is 24.3 Å². The second-order valence-corrected chi connectivity index (χ2v) is 7.21. The maximum absolute atomic E-state index is 11.5. The molecule has 0 bridgehead atoms. The Morgan fingerprint density at radius 2 is 1.96 bits per heavy atom. The Kier molecular flexibility index (Phi) is 6.74. The van der Waals surface area contributed by atoms with Gasteiger partial charge in [0.1, 0.15) is 5.75 Å². The van der Waals surface area contributed by atoms with Crippen molar-refractivity contribution in [1.82, 2.24) is 15.1 Å². The van der Waals surface area contributed by atoms with Gasteiger partial charge in [-0.2, -0.15) is 0 Å². The molecule has 0 spiro atoms. The van der Waals surface area contributed by atoms with Crippen LogP contribution in [0.5, 0.6) is 5.75 Å². The Morgan fingerprint density at radius 3 is 2.69 bits per heavy atom. The van der Waals surface area contributed by atoms with Crippen LogP contribution < -0.4 is 15.0 Å². The molecule has 1 atom stereocenters. The molecule has 0 saturated carbocycles. The lowest BCUT2D eigenvalue weighted by atomic mass is 10.0. The number of piperazine rings is 1. The normalized spacial score (nSPS) is 22.2. The number of carbonyl (C=O) groups excluding carboxylic acids is 1. The smallest absolute Gasteiger partial charge is 0.221 e. The first-order valence-corrected chi connectivity index (χ1v) is 9.76. The van der Waals surface area contributed by atoms with Crippen LogP contribution in [-0.4, -0.2) is 81.7 Å². The summed E-state index contributed by atoms with van der Waals surface area (Å²) >= 11 is 0. The molecule has 0 unspecified atom stereocenters. The highest BCUT2D eigenvalue weighted by Gasteiger charge is 2.28. The number of methoxy groups -OCH3 is 1. The van der Waals surface area contributed by atoms with E-state index >= 15 is 0 Å². The van der Waals surface area contributed by atoms with Gasteiger partial charge in [-0.3, -0.25) is 9.69 Å². The lowest BCUT2D eigenvalue weighted by molar-refractivity contribution is -0.121. The van der Waals surface area contributed by atoms with E-state index in [0.717, 1.165) is 51.6 Å². The van der Waals surface area contributed by atoms with Crippen LogP contribution in [0.3, 0.4) is 0 Å². The summed E-state index contributed by atoms with van der Waals surface area (Å²) in [5.41, 5.74) is 1.20. The van der Waals surface area contributed by atoms with Gasteiger partial charge in [-0.1, -0.05) is 12.1 Å². The number of nitrogens with zero attached hydrogens (tertiary/aromatic N) is 3. The number of hydrogen-bond donors (Lipinski definition) is 1. The quantitative estimate of drug-likeness (QED) is 0.831. The van der Waals surface area contributed by atoms with Gasteiger partial charge < -0.3 is 19.9 Å². The molecular weight excluding hydrogens is 328 g/mol. The Morgan fingerprint density at radius 1 is 1.19 bits per heavy atom. The number of hydrogen-bond acceptors (Lipinski definition) is 5. The van der Waals surface area contributed by atoms with Gasteiger partial charge in [0.15, 0.2) is 0 Å². The molecule has 0 aliphatic carbocycles. The van der Waals surface area contributed by atoms with Crippen molar-refractivity contribution in [3.63, 3.8) is 0 Å². The van der Waals surface area contributed by atoms with Crippen LogP contribution in [0.25, 0.3) is 0 Å². The number of anilines is 1. The summed E-state index contributed by atoms with van der Waals surface area (Å²) in [6.07, 6.45) is 3.10. The monoisotopic (exact) mass is 360 g/mol. The minimum absolute atomic E-state index is 0.137. The molecule has 2 aliphatic rings. The van der Waals surface area contributed by atoms with Crippen molar-refractivity contribution in [3.8, 4) is 5.75 Å². The molecule has 1 aromatic rings. The van der Waals surface area contributed by atoms with E-state index < -0.39 is 0 Å². The fraction of sp³-hybridized carbons (Fsp3) is 0.650. The number of rotatable bonds is 6. The molecule has 2 heterocycles. The first-order chi connectivity index (χ1) is 12.7. The number of likely N-dealkylation sites (tertiary alicyclic amines) is 1. The zero-order valence-electron chi connectivity index (χ0n) is 16.1. The molecule has 1 amide bonds. The Bertz CT molecular complexity index is 587. The first-order valence-electron chi connectivity index (χ1n) is 9.76. The average molecular weight is 361 g/mol. The molecule has 6 heteroatoms. The van der Waals surface area contributed by atoms with Crippen LogP contribution in [0.1, 0.15) is 19.3 Å². The van der Waals surface area contributed by atoms with Crippen LogP contribution in [0.4, 0.5) is 5.69 Å². The van der Waals surface area contributed by atoms with E-state index in [4.69, 9.17) is 4.74 Å². The van der Waals surface area contributed by atoms with Gasteiger partial charge >= 0.3 is 0 Å². The van der Waals surface area contributed by atoms with Crippen LogP contribution >= 0.6 is 0 Å².